The van der Waals surface area contributed by atoms with Gasteiger partial charge in [-0.15, -0.1) is 0 Å². The van der Waals surface area contributed by atoms with Gasteiger partial charge in [-0.1, -0.05) is 17.7 Å². The van der Waals surface area contributed by atoms with Crippen molar-refractivity contribution in [3.8, 4) is 0 Å². The highest BCUT2D eigenvalue weighted by Gasteiger charge is 2.56. The van der Waals surface area contributed by atoms with E-state index in [2.05, 4.69) is 0 Å². The van der Waals surface area contributed by atoms with E-state index in [1.807, 2.05) is 27.7 Å². The second-order valence-electron chi connectivity index (χ2n) is 6.51. The lowest BCUT2D eigenvalue weighted by atomic mass is 9.78. The molecular formula is C15H20ClFO2. The number of aliphatic hydroxyl groups is 1. The van der Waals surface area contributed by atoms with Gasteiger partial charge in [-0.05, 0) is 45.4 Å². The Kier molecular flexibility index (Phi) is 3.45. The van der Waals surface area contributed by atoms with Crippen molar-refractivity contribution in [3.05, 3.63) is 34.6 Å². The van der Waals surface area contributed by atoms with Crippen LogP contribution < -0.4 is 0 Å². The molecule has 0 spiro atoms. The van der Waals surface area contributed by atoms with Crippen LogP contribution in [0.15, 0.2) is 18.2 Å². The molecule has 0 aromatic heterocycles. The van der Waals surface area contributed by atoms with Gasteiger partial charge in [-0.2, -0.15) is 0 Å². The summed E-state index contributed by atoms with van der Waals surface area (Å²) < 4.78 is 19.4. The van der Waals surface area contributed by atoms with Gasteiger partial charge in [0.25, 0.3) is 0 Å². The normalized spacial score (nSPS) is 28.6. The standard InChI is InChI=1S/C15H20ClFO2/c1-13(2)9-15(18,14(3,4)19-13)8-10-5-6-11(16)12(17)7-10/h5-7,18H,8-9H2,1-4H3. The van der Waals surface area contributed by atoms with E-state index in [-0.39, 0.29) is 10.6 Å². The zero-order valence-corrected chi connectivity index (χ0v) is 12.5. The quantitative estimate of drug-likeness (QED) is 0.898. The Labute approximate surface area is 118 Å². The first-order valence-electron chi connectivity index (χ1n) is 6.41. The summed E-state index contributed by atoms with van der Waals surface area (Å²) in [5, 5.41) is 11.0. The predicted octanol–water partition coefficient (Wildman–Crippen LogP) is 3.73. The Hall–Kier alpha value is -0.640. The summed E-state index contributed by atoms with van der Waals surface area (Å²) in [5.41, 5.74) is -1.36. The van der Waals surface area contributed by atoms with Crippen molar-refractivity contribution < 1.29 is 14.2 Å². The highest BCUT2D eigenvalue weighted by Crippen LogP contribution is 2.46. The maximum Gasteiger partial charge on any atom is 0.142 e. The van der Waals surface area contributed by atoms with Gasteiger partial charge in [0.15, 0.2) is 0 Å². The first-order valence-corrected chi connectivity index (χ1v) is 6.79. The molecule has 1 N–H and O–H groups in total. The number of rotatable bonds is 2. The van der Waals surface area contributed by atoms with Crippen molar-refractivity contribution in [1.29, 1.82) is 0 Å². The van der Waals surface area contributed by atoms with Crippen LogP contribution in [0.2, 0.25) is 5.02 Å². The fourth-order valence-corrected chi connectivity index (χ4v) is 3.12. The second-order valence-corrected chi connectivity index (χ2v) is 6.91. The molecule has 0 radical (unpaired) electrons. The minimum Gasteiger partial charge on any atom is -0.386 e. The fraction of sp³-hybridized carbons (Fsp3) is 0.600. The zero-order chi connectivity index (χ0) is 14.5. The summed E-state index contributed by atoms with van der Waals surface area (Å²) in [7, 11) is 0. The maximum absolute atomic E-state index is 13.5. The van der Waals surface area contributed by atoms with Crippen molar-refractivity contribution in [2.75, 3.05) is 0 Å². The van der Waals surface area contributed by atoms with Crippen molar-refractivity contribution in [2.24, 2.45) is 0 Å². The Morgan fingerprint density at radius 2 is 1.95 bits per heavy atom. The lowest BCUT2D eigenvalue weighted by Crippen LogP contribution is -2.48. The van der Waals surface area contributed by atoms with E-state index >= 15 is 0 Å². The van der Waals surface area contributed by atoms with E-state index in [0.29, 0.717) is 12.8 Å². The van der Waals surface area contributed by atoms with E-state index in [4.69, 9.17) is 16.3 Å². The van der Waals surface area contributed by atoms with E-state index in [9.17, 15) is 9.50 Å². The third-order valence-corrected chi connectivity index (χ3v) is 4.16. The van der Waals surface area contributed by atoms with Crippen LogP contribution in [-0.4, -0.2) is 21.9 Å². The topological polar surface area (TPSA) is 29.5 Å². The minimum absolute atomic E-state index is 0.0954. The number of hydrogen-bond acceptors (Lipinski definition) is 2. The molecule has 1 aromatic carbocycles. The molecule has 4 heteroatoms. The van der Waals surface area contributed by atoms with Crippen LogP contribution in [0.25, 0.3) is 0 Å². The van der Waals surface area contributed by atoms with Crippen LogP contribution in [-0.2, 0) is 11.2 Å². The number of halogens is 2. The van der Waals surface area contributed by atoms with Crippen molar-refractivity contribution in [3.63, 3.8) is 0 Å². The number of benzene rings is 1. The van der Waals surface area contributed by atoms with Gasteiger partial charge in [-0.3, -0.25) is 0 Å². The van der Waals surface area contributed by atoms with Gasteiger partial charge in [0.2, 0.25) is 0 Å². The van der Waals surface area contributed by atoms with Crippen LogP contribution in [0.4, 0.5) is 4.39 Å². The van der Waals surface area contributed by atoms with Crippen molar-refractivity contribution in [2.45, 2.75) is 57.3 Å². The SMILES string of the molecule is CC1(C)CC(O)(Cc2ccc(Cl)c(F)c2)C(C)(C)O1. The number of ether oxygens (including phenoxy) is 1. The summed E-state index contributed by atoms with van der Waals surface area (Å²) in [6.07, 6.45) is 0.856. The molecular weight excluding hydrogens is 267 g/mol. The average molecular weight is 287 g/mol. The van der Waals surface area contributed by atoms with Crippen LogP contribution in [0.5, 0.6) is 0 Å². The van der Waals surface area contributed by atoms with E-state index in [0.717, 1.165) is 5.56 Å². The van der Waals surface area contributed by atoms with Gasteiger partial charge >= 0.3 is 0 Å². The zero-order valence-electron chi connectivity index (χ0n) is 11.8. The van der Waals surface area contributed by atoms with Crippen LogP contribution in [0.1, 0.15) is 39.7 Å². The summed E-state index contributed by atoms with van der Waals surface area (Å²) in [6.45, 7) is 7.65. The summed E-state index contributed by atoms with van der Waals surface area (Å²) >= 11 is 5.67. The third kappa shape index (κ3) is 2.78. The molecule has 1 aliphatic rings. The molecule has 2 rings (SSSR count). The third-order valence-electron chi connectivity index (χ3n) is 3.85. The van der Waals surface area contributed by atoms with E-state index in [1.54, 1.807) is 6.07 Å². The molecule has 0 bridgehead atoms. The smallest absolute Gasteiger partial charge is 0.142 e. The highest BCUT2D eigenvalue weighted by molar-refractivity contribution is 6.30. The number of hydrogen-bond donors (Lipinski definition) is 1. The van der Waals surface area contributed by atoms with Crippen LogP contribution in [0, 0.1) is 5.82 Å². The lowest BCUT2D eigenvalue weighted by molar-refractivity contribution is -0.125. The van der Waals surface area contributed by atoms with Gasteiger partial charge < -0.3 is 9.84 Å². The van der Waals surface area contributed by atoms with Crippen LogP contribution >= 0.6 is 11.6 Å². The molecule has 1 fully saturated rings. The molecule has 106 valence electrons. The van der Waals surface area contributed by atoms with Gasteiger partial charge in [0.05, 0.1) is 21.8 Å². The fourth-order valence-electron chi connectivity index (χ4n) is 3.00. The van der Waals surface area contributed by atoms with Gasteiger partial charge in [-0.25, -0.2) is 4.39 Å². The summed E-state index contributed by atoms with van der Waals surface area (Å²) in [5.74, 6) is -0.459. The molecule has 1 heterocycles. The van der Waals surface area contributed by atoms with Gasteiger partial charge in [0, 0.05) is 12.8 Å². The van der Waals surface area contributed by atoms with E-state index in [1.165, 1.54) is 12.1 Å². The minimum atomic E-state index is -1.02. The first kappa shape index (κ1) is 14.8. The van der Waals surface area contributed by atoms with Crippen molar-refractivity contribution in [1.82, 2.24) is 0 Å². The molecule has 1 aromatic rings. The molecule has 1 saturated heterocycles. The van der Waals surface area contributed by atoms with Gasteiger partial charge in [0.1, 0.15) is 5.82 Å². The molecule has 1 atom stereocenters. The van der Waals surface area contributed by atoms with Crippen LogP contribution in [0.3, 0.4) is 0 Å². The molecule has 2 nitrogen and oxygen atoms in total. The molecule has 19 heavy (non-hydrogen) atoms. The Morgan fingerprint density at radius 1 is 1.32 bits per heavy atom. The first-order chi connectivity index (χ1) is 8.55. The van der Waals surface area contributed by atoms with E-state index < -0.39 is 17.0 Å². The predicted molar refractivity (Wildman–Crippen MR) is 73.9 cm³/mol. The molecule has 1 aliphatic heterocycles. The molecule has 0 amide bonds. The Balaban J connectivity index is 2.28. The second kappa shape index (κ2) is 4.44. The maximum atomic E-state index is 13.5. The Morgan fingerprint density at radius 3 is 2.42 bits per heavy atom. The summed E-state index contributed by atoms with van der Waals surface area (Å²) in [4.78, 5) is 0. The average Bonchev–Trinajstić information content (AvgIpc) is 2.36. The molecule has 0 aliphatic carbocycles. The lowest BCUT2D eigenvalue weighted by Gasteiger charge is -2.35. The highest BCUT2D eigenvalue weighted by atomic mass is 35.5. The molecule has 1 unspecified atom stereocenters. The summed E-state index contributed by atoms with van der Waals surface area (Å²) in [6, 6.07) is 4.63. The Bertz CT molecular complexity index is 499. The molecule has 0 saturated carbocycles. The monoisotopic (exact) mass is 286 g/mol. The van der Waals surface area contributed by atoms with Crippen molar-refractivity contribution >= 4 is 11.6 Å². The largest absolute Gasteiger partial charge is 0.386 e.